The molecule has 0 unspecified atom stereocenters. The van der Waals surface area contributed by atoms with Crippen LogP contribution in [0.4, 0.5) is 0 Å². The van der Waals surface area contributed by atoms with Crippen LogP contribution in [0.1, 0.15) is 0 Å². The van der Waals surface area contributed by atoms with Crippen molar-refractivity contribution in [3.8, 4) is 0 Å². The molecule has 0 atom stereocenters. The van der Waals surface area contributed by atoms with Gasteiger partial charge >= 0.3 is 70.6 Å². The molecular formula is C2BaO5Ti+2. The molecule has 0 saturated carbocycles. The minimum absolute atomic E-state index is 0. The number of aliphatic carboxylic acids is 2. The van der Waals surface area contributed by atoms with Gasteiger partial charge in [-0.1, -0.05) is 0 Å². The van der Waals surface area contributed by atoms with Crippen LogP contribution < -0.4 is 10.2 Å². The predicted octanol–water partition coefficient (Wildman–Crippen LogP) is -4.02. The Labute approximate surface area is 106 Å². The van der Waals surface area contributed by atoms with Gasteiger partial charge in [0.1, 0.15) is 0 Å². The number of hydrogen-bond donors (Lipinski definition) is 0. The Hall–Kier alpha value is 1.19. The first kappa shape index (κ1) is 22.5. The van der Waals surface area contributed by atoms with E-state index in [1.807, 2.05) is 0 Å². The predicted molar refractivity (Wildman–Crippen MR) is 16.5 cm³/mol. The first-order valence-electron chi connectivity index (χ1n) is 1.07. The molecule has 0 fully saturated rings. The Balaban J connectivity index is -0.0000000417. The fourth-order valence-corrected chi connectivity index (χ4v) is 0. The van der Waals surface area contributed by atoms with E-state index in [-0.39, 0.29) is 76.1 Å². The van der Waals surface area contributed by atoms with Crippen LogP contribution in [0.15, 0.2) is 0 Å². The summed E-state index contributed by atoms with van der Waals surface area (Å²) in [4.78, 5) is 17.9. The van der Waals surface area contributed by atoms with Crippen LogP contribution in [-0.4, -0.2) is 60.8 Å². The summed E-state index contributed by atoms with van der Waals surface area (Å²) in [5, 5.41) is 17.9. The molecule has 0 radical (unpaired) electrons. The summed E-state index contributed by atoms with van der Waals surface area (Å²) in [6, 6.07) is 0. The molecule has 0 amide bonds. The molecule has 5 nitrogen and oxygen atoms in total. The van der Waals surface area contributed by atoms with Crippen molar-refractivity contribution in [1.82, 2.24) is 0 Å². The van der Waals surface area contributed by atoms with Crippen molar-refractivity contribution in [3.05, 3.63) is 0 Å². The van der Waals surface area contributed by atoms with E-state index in [0.717, 1.165) is 0 Å². The molecule has 0 heterocycles. The summed E-state index contributed by atoms with van der Waals surface area (Å²) in [7, 11) is 0. The summed E-state index contributed by atoms with van der Waals surface area (Å²) >= 11 is 0. The Kier molecular flexibility index (Phi) is 29.7. The van der Waals surface area contributed by atoms with Gasteiger partial charge in [0, 0.05) is 0 Å². The maximum Gasteiger partial charge on any atom is 4.00 e. The maximum absolute atomic E-state index is 8.93. The average Bonchev–Trinajstić information content (AvgIpc) is 1.36. The molecule has 0 aliphatic heterocycles. The van der Waals surface area contributed by atoms with E-state index in [1.54, 1.807) is 0 Å². The van der Waals surface area contributed by atoms with Crippen molar-refractivity contribution in [2.75, 3.05) is 0 Å². The fraction of sp³-hybridized carbons (Fsp3) is 0. The molecule has 0 aliphatic carbocycles. The molecule has 9 heavy (non-hydrogen) atoms. The first-order chi connectivity index (χ1) is 2.64. The molecule has 0 aromatic heterocycles. The number of carboxylic acids is 2. The van der Waals surface area contributed by atoms with E-state index in [2.05, 4.69) is 0 Å². The molecule has 0 saturated heterocycles. The second-order valence-electron chi connectivity index (χ2n) is 0.575. The van der Waals surface area contributed by atoms with Gasteiger partial charge in [-0.05, 0) is 0 Å². The van der Waals surface area contributed by atoms with Crippen molar-refractivity contribution in [1.29, 1.82) is 0 Å². The van der Waals surface area contributed by atoms with Gasteiger partial charge in [-0.2, -0.15) is 0 Å². The maximum atomic E-state index is 8.93. The topological polar surface area (TPSA) is 109 Å². The molecule has 0 aromatic carbocycles. The van der Waals surface area contributed by atoms with Crippen molar-refractivity contribution >= 4 is 60.8 Å². The van der Waals surface area contributed by atoms with Crippen LogP contribution in [0.5, 0.6) is 0 Å². The summed E-state index contributed by atoms with van der Waals surface area (Å²) in [5.74, 6) is -4.37. The molecule has 0 bridgehead atoms. The number of carboxylic acid groups (broad SMARTS) is 2. The molecule has 0 spiro atoms. The molecule has 0 N–H and O–H groups in total. The van der Waals surface area contributed by atoms with E-state index >= 15 is 0 Å². The van der Waals surface area contributed by atoms with Crippen LogP contribution in [0.3, 0.4) is 0 Å². The average molecular weight is 289 g/mol. The van der Waals surface area contributed by atoms with Gasteiger partial charge in [0.05, 0.1) is 11.9 Å². The molecule has 42 valence electrons. The zero-order valence-electron chi connectivity index (χ0n) is 4.25. The van der Waals surface area contributed by atoms with Crippen molar-refractivity contribution in [2.45, 2.75) is 0 Å². The van der Waals surface area contributed by atoms with Gasteiger partial charge in [0.2, 0.25) is 0 Å². The minimum Gasteiger partial charge on any atom is -2.00 e. The SMILES string of the molecule is O=C([O-])C(=O)[O-].[Ba+2].[O-2].[Ti+4]. The molecule has 7 heteroatoms. The van der Waals surface area contributed by atoms with Crippen molar-refractivity contribution < 1.29 is 47.0 Å². The largest absolute Gasteiger partial charge is 4.00 e. The van der Waals surface area contributed by atoms with Crippen molar-refractivity contribution in [2.24, 2.45) is 0 Å². The smallest absolute Gasteiger partial charge is 2.00 e. The molecule has 0 rings (SSSR count). The Morgan fingerprint density at radius 1 is 1.00 bits per heavy atom. The van der Waals surface area contributed by atoms with E-state index in [1.165, 1.54) is 0 Å². The standard InChI is InChI=1S/C2H2O4.Ba.O.Ti/c3-1(4)2(5)6;;;/h(H,3,4)(H,5,6);;;/q;+2;-2;+4/p-2. The normalized spacial score (nSPS) is 4.89. The third-order valence-electron chi connectivity index (χ3n) is 0.167. The van der Waals surface area contributed by atoms with Crippen molar-refractivity contribution in [3.63, 3.8) is 0 Å². The third kappa shape index (κ3) is 17.6. The quantitative estimate of drug-likeness (QED) is 0.334. The van der Waals surface area contributed by atoms with Gasteiger partial charge in [0.15, 0.2) is 0 Å². The number of rotatable bonds is 0. The van der Waals surface area contributed by atoms with E-state index in [0.29, 0.717) is 0 Å². The van der Waals surface area contributed by atoms with Gasteiger partial charge < -0.3 is 25.3 Å². The second kappa shape index (κ2) is 11.9. The zero-order chi connectivity index (χ0) is 5.15. The van der Waals surface area contributed by atoms with Crippen LogP contribution in [0.2, 0.25) is 0 Å². The molecular weight excluding hydrogens is 289 g/mol. The Bertz CT molecular complexity index is 81.0. The monoisotopic (exact) mass is 290 g/mol. The second-order valence-corrected chi connectivity index (χ2v) is 0.575. The minimum atomic E-state index is -2.19. The third-order valence-corrected chi connectivity index (χ3v) is 0.167. The summed E-state index contributed by atoms with van der Waals surface area (Å²) in [6.07, 6.45) is 0. The van der Waals surface area contributed by atoms with Crippen LogP contribution in [0, 0.1) is 0 Å². The fourth-order valence-electron chi connectivity index (χ4n) is 0. The number of hydrogen-bond acceptors (Lipinski definition) is 4. The van der Waals surface area contributed by atoms with Crippen LogP contribution in [0.25, 0.3) is 0 Å². The van der Waals surface area contributed by atoms with Gasteiger partial charge in [0.25, 0.3) is 0 Å². The summed E-state index contributed by atoms with van der Waals surface area (Å²) < 4.78 is 0. The Morgan fingerprint density at radius 3 is 1.11 bits per heavy atom. The van der Waals surface area contributed by atoms with E-state index in [4.69, 9.17) is 19.8 Å². The van der Waals surface area contributed by atoms with Gasteiger partial charge in [-0.25, -0.2) is 0 Å². The summed E-state index contributed by atoms with van der Waals surface area (Å²) in [6.45, 7) is 0. The van der Waals surface area contributed by atoms with Crippen LogP contribution in [-0.2, 0) is 36.8 Å². The summed E-state index contributed by atoms with van der Waals surface area (Å²) in [5.41, 5.74) is 0. The Morgan fingerprint density at radius 2 is 1.11 bits per heavy atom. The molecule has 0 aromatic rings. The van der Waals surface area contributed by atoms with Gasteiger partial charge in [-0.15, -0.1) is 0 Å². The molecule has 0 aliphatic rings. The van der Waals surface area contributed by atoms with E-state index in [9.17, 15) is 0 Å². The number of carbonyl (C=O) groups excluding carboxylic acids is 2. The zero-order valence-corrected chi connectivity index (χ0v) is 10.3. The van der Waals surface area contributed by atoms with Gasteiger partial charge in [-0.3, -0.25) is 0 Å². The first-order valence-corrected chi connectivity index (χ1v) is 1.07. The van der Waals surface area contributed by atoms with E-state index < -0.39 is 11.9 Å². The van der Waals surface area contributed by atoms with Crippen LogP contribution >= 0.6 is 0 Å². The number of carbonyl (C=O) groups is 2.